The van der Waals surface area contributed by atoms with E-state index >= 15 is 0 Å². The maximum Gasteiger partial charge on any atom is 0.303 e. The highest BCUT2D eigenvalue weighted by molar-refractivity contribution is 5.79. The summed E-state index contributed by atoms with van der Waals surface area (Å²) in [5.41, 5.74) is 0. The van der Waals surface area contributed by atoms with E-state index < -0.39 is 5.97 Å². The van der Waals surface area contributed by atoms with Crippen molar-refractivity contribution in [1.29, 1.82) is 0 Å². The standard InChI is InChI=1S/C13H21NO3/c1-8(2)13(17)14-10-3-4-11(14)6-9(5-10)7-12(15)16/h8-11H,3-7H2,1-2H3,(H,15,16). The molecular formula is C13H21NO3. The molecule has 2 aliphatic rings. The van der Waals surface area contributed by atoms with Crippen LogP contribution < -0.4 is 0 Å². The van der Waals surface area contributed by atoms with Crippen LogP contribution in [-0.2, 0) is 9.59 Å². The Balaban J connectivity index is 2.03. The van der Waals surface area contributed by atoms with Crippen molar-refractivity contribution >= 4 is 11.9 Å². The van der Waals surface area contributed by atoms with Gasteiger partial charge in [0.2, 0.25) is 5.91 Å². The highest BCUT2D eigenvalue weighted by atomic mass is 16.4. The number of carbonyl (C=O) groups is 2. The van der Waals surface area contributed by atoms with Crippen LogP contribution in [0, 0.1) is 11.8 Å². The van der Waals surface area contributed by atoms with E-state index in [0.717, 1.165) is 25.7 Å². The molecule has 0 spiro atoms. The molecule has 2 unspecified atom stereocenters. The van der Waals surface area contributed by atoms with Crippen molar-refractivity contribution in [2.75, 3.05) is 0 Å². The lowest BCUT2D eigenvalue weighted by atomic mass is 9.87. The van der Waals surface area contributed by atoms with Gasteiger partial charge in [0, 0.05) is 24.4 Å². The van der Waals surface area contributed by atoms with Crippen LogP contribution in [0.4, 0.5) is 0 Å². The fourth-order valence-electron chi connectivity index (χ4n) is 3.36. The molecule has 17 heavy (non-hydrogen) atoms. The number of piperidine rings is 1. The molecular weight excluding hydrogens is 218 g/mol. The predicted molar refractivity (Wildman–Crippen MR) is 63.5 cm³/mol. The van der Waals surface area contributed by atoms with Crippen LogP contribution in [0.3, 0.4) is 0 Å². The maximum absolute atomic E-state index is 12.1. The molecule has 2 saturated heterocycles. The van der Waals surface area contributed by atoms with Gasteiger partial charge in [0.25, 0.3) is 0 Å². The zero-order chi connectivity index (χ0) is 12.6. The third kappa shape index (κ3) is 2.45. The van der Waals surface area contributed by atoms with E-state index in [1.165, 1.54) is 0 Å². The molecule has 2 rings (SSSR count). The molecule has 0 aromatic heterocycles. The Morgan fingerprint density at radius 1 is 1.24 bits per heavy atom. The molecule has 2 bridgehead atoms. The zero-order valence-corrected chi connectivity index (χ0v) is 10.6. The molecule has 2 heterocycles. The number of carboxylic acids is 1. The van der Waals surface area contributed by atoms with E-state index in [1.807, 2.05) is 18.7 Å². The number of rotatable bonds is 3. The largest absolute Gasteiger partial charge is 0.481 e. The molecule has 1 N–H and O–H groups in total. The third-order valence-corrected chi connectivity index (χ3v) is 4.04. The van der Waals surface area contributed by atoms with Gasteiger partial charge in [-0.2, -0.15) is 0 Å². The van der Waals surface area contributed by atoms with Gasteiger partial charge in [0.15, 0.2) is 0 Å². The van der Waals surface area contributed by atoms with Gasteiger partial charge >= 0.3 is 5.97 Å². The Morgan fingerprint density at radius 3 is 2.18 bits per heavy atom. The minimum absolute atomic E-state index is 0.0501. The highest BCUT2D eigenvalue weighted by Gasteiger charge is 2.43. The molecule has 2 atom stereocenters. The minimum atomic E-state index is -0.710. The number of nitrogens with zero attached hydrogens (tertiary/aromatic N) is 1. The van der Waals surface area contributed by atoms with Crippen molar-refractivity contribution < 1.29 is 14.7 Å². The van der Waals surface area contributed by atoms with Crippen LogP contribution in [0.1, 0.15) is 46.0 Å². The molecule has 2 aliphatic heterocycles. The topological polar surface area (TPSA) is 57.6 Å². The summed E-state index contributed by atoms with van der Waals surface area (Å²) in [5.74, 6) is -0.153. The van der Waals surface area contributed by atoms with Crippen molar-refractivity contribution in [2.45, 2.75) is 58.0 Å². The first-order chi connectivity index (χ1) is 7.99. The van der Waals surface area contributed by atoms with Crippen molar-refractivity contribution in [3.05, 3.63) is 0 Å². The SMILES string of the molecule is CC(C)C(=O)N1C2CCC1CC(CC(=O)O)C2. The fraction of sp³-hybridized carbons (Fsp3) is 0.846. The van der Waals surface area contributed by atoms with Crippen LogP contribution >= 0.6 is 0 Å². The number of carbonyl (C=O) groups excluding carboxylic acids is 1. The number of amides is 1. The summed E-state index contributed by atoms with van der Waals surface area (Å²) < 4.78 is 0. The van der Waals surface area contributed by atoms with E-state index in [-0.39, 0.29) is 24.2 Å². The molecule has 0 aromatic rings. The molecule has 4 nitrogen and oxygen atoms in total. The quantitative estimate of drug-likeness (QED) is 0.818. The first-order valence-corrected chi connectivity index (χ1v) is 6.53. The smallest absolute Gasteiger partial charge is 0.303 e. The number of carboxylic acid groups (broad SMARTS) is 1. The van der Waals surface area contributed by atoms with Crippen LogP contribution in [0.15, 0.2) is 0 Å². The summed E-state index contributed by atoms with van der Waals surface area (Å²) in [6, 6.07) is 0.598. The zero-order valence-electron chi connectivity index (χ0n) is 10.6. The molecule has 1 amide bonds. The summed E-state index contributed by atoms with van der Waals surface area (Å²) in [4.78, 5) is 24.9. The third-order valence-electron chi connectivity index (χ3n) is 4.04. The molecule has 96 valence electrons. The van der Waals surface area contributed by atoms with E-state index in [2.05, 4.69) is 0 Å². The predicted octanol–water partition coefficient (Wildman–Crippen LogP) is 1.89. The Hall–Kier alpha value is -1.06. The van der Waals surface area contributed by atoms with Crippen LogP contribution in [0.25, 0.3) is 0 Å². The van der Waals surface area contributed by atoms with Crippen LogP contribution in [-0.4, -0.2) is 34.0 Å². The van der Waals surface area contributed by atoms with Crippen molar-refractivity contribution in [3.63, 3.8) is 0 Å². The van der Waals surface area contributed by atoms with Crippen molar-refractivity contribution in [1.82, 2.24) is 4.90 Å². The molecule has 0 aliphatic carbocycles. The van der Waals surface area contributed by atoms with Gasteiger partial charge in [-0.15, -0.1) is 0 Å². The Bertz CT molecular complexity index is 313. The van der Waals surface area contributed by atoms with Gasteiger partial charge in [-0.05, 0) is 31.6 Å². The lowest BCUT2D eigenvalue weighted by molar-refractivity contribution is -0.141. The lowest BCUT2D eigenvalue weighted by Gasteiger charge is -2.39. The highest BCUT2D eigenvalue weighted by Crippen LogP contribution is 2.40. The normalized spacial score (nSPS) is 31.9. The first-order valence-electron chi connectivity index (χ1n) is 6.53. The molecule has 4 heteroatoms. The van der Waals surface area contributed by atoms with E-state index in [9.17, 15) is 9.59 Å². The first kappa shape index (κ1) is 12.4. The van der Waals surface area contributed by atoms with Gasteiger partial charge in [-0.3, -0.25) is 9.59 Å². The summed E-state index contributed by atoms with van der Waals surface area (Å²) in [7, 11) is 0. The molecule has 0 saturated carbocycles. The Morgan fingerprint density at radius 2 is 1.76 bits per heavy atom. The second-order valence-electron chi connectivity index (χ2n) is 5.72. The average molecular weight is 239 g/mol. The van der Waals surface area contributed by atoms with Gasteiger partial charge in [0.1, 0.15) is 0 Å². The summed E-state index contributed by atoms with van der Waals surface area (Å²) in [6.45, 7) is 3.87. The summed E-state index contributed by atoms with van der Waals surface area (Å²) in [6.07, 6.45) is 4.12. The van der Waals surface area contributed by atoms with Gasteiger partial charge < -0.3 is 10.0 Å². The Labute approximate surface area is 102 Å². The van der Waals surface area contributed by atoms with Crippen molar-refractivity contribution in [3.8, 4) is 0 Å². The van der Waals surface area contributed by atoms with Crippen LogP contribution in [0.5, 0.6) is 0 Å². The number of hydrogen-bond acceptors (Lipinski definition) is 2. The van der Waals surface area contributed by atoms with Gasteiger partial charge in [-0.25, -0.2) is 0 Å². The van der Waals surface area contributed by atoms with Gasteiger partial charge in [-0.1, -0.05) is 13.8 Å². The fourth-order valence-corrected chi connectivity index (χ4v) is 3.36. The molecule has 0 radical (unpaired) electrons. The van der Waals surface area contributed by atoms with E-state index in [1.54, 1.807) is 0 Å². The summed E-state index contributed by atoms with van der Waals surface area (Å²) >= 11 is 0. The monoisotopic (exact) mass is 239 g/mol. The van der Waals surface area contributed by atoms with E-state index in [0.29, 0.717) is 12.1 Å². The second kappa shape index (κ2) is 4.67. The van der Waals surface area contributed by atoms with Gasteiger partial charge in [0.05, 0.1) is 0 Å². The Kier molecular flexibility index (Phi) is 3.40. The number of hydrogen-bond donors (Lipinski definition) is 1. The summed E-state index contributed by atoms with van der Waals surface area (Å²) in [5, 5.41) is 8.84. The second-order valence-corrected chi connectivity index (χ2v) is 5.72. The minimum Gasteiger partial charge on any atom is -0.481 e. The maximum atomic E-state index is 12.1. The molecule has 0 aromatic carbocycles. The number of fused-ring (bicyclic) bond motifs is 2. The van der Waals surface area contributed by atoms with Crippen molar-refractivity contribution in [2.24, 2.45) is 11.8 Å². The number of aliphatic carboxylic acids is 1. The van der Waals surface area contributed by atoms with Crippen LogP contribution in [0.2, 0.25) is 0 Å². The average Bonchev–Trinajstić information content (AvgIpc) is 2.48. The molecule has 2 fully saturated rings. The van der Waals surface area contributed by atoms with E-state index in [4.69, 9.17) is 5.11 Å². The lowest BCUT2D eigenvalue weighted by Crippen LogP contribution is -2.48.